The van der Waals surface area contributed by atoms with Crippen LogP contribution in [0, 0.1) is 0 Å². The van der Waals surface area contributed by atoms with E-state index >= 15 is 0 Å². The monoisotopic (exact) mass is 485 g/mol. The third-order valence-corrected chi connectivity index (χ3v) is 3.44. The lowest BCUT2D eigenvalue weighted by molar-refractivity contribution is 0.195. The summed E-state index contributed by atoms with van der Waals surface area (Å²) in [7, 11) is 3.30. The first kappa shape index (κ1) is 24.1. The minimum absolute atomic E-state index is 0. The van der Waals surface area contributed by atoms with Crippen molar-refractivity contribution in [1.29, 1.82) is 0 Å². The number of guanidine groups is 1. The molecule has 0 amide bonds. The third-order valence-electron chi connectivity index (χ3n) is 3.16. The van der Waals surface area contributed by atoms with Crippen LogP contribution in [-0.2, 0) is 11.3 Å². The molecule has 0 heterocycles. The highest BCUT2D eigenvalue weighted by Crippen LogP contribution is 2.36. The van der Waals surface area contributed by atoms with Crippen molar-refractivity contribution in [2.45, 2.75) is 26.8 Å². The molecule has 0 saturated heterocycles. The summed E-state index contributed by atoms with van der Waals surface area (Å²) in [5, 5.41) is 7.01. The maximum Gasteiger partial charge on any atom is 0.191 e. The van der Waals surface area contributed by atoms with Gasteiger partial charge in [-0.05, 0) is 38.0 Å². The minimum atomic E-state index is 0. The van der Waals surface area contributed by atoms with Crippen LogP contribution in [0.4, 0.5) is 0 Å². The molecular formula is C17H29ClIN3O3. The molecule has 0 unspecified atom stereocenters. The van der Waals surface area contributed by atoms with Crippen molar-refractivity contribution in [2.75, 3.05) is 40.5 Å². The first-order valence-corrected chi connectivity index (χ1v) is 8.54. The van der Waals surface area contributed by atoms with E-state index in [1.54, 1.807) is 14.2 Å². The number of hydrogen-bond acceptors (Lipinski definition) is 4. The minimum Gasteiger partial charge on any atom is -0.493 e. The second-order valence-corrected chi connectivity index (χ2v) is 5.42. The van der Waals surface area contributed by atoms with Crippen molar-refractivity contribution >= 4 is 41.5 Å². The van der Waals surface area contributed by atoms with E-state index in [1.165, 1.54) is 0 Å². The largest absolute Gasteiger partial charge is 0.493 e. The summed E-state index contributed by atoms with van der Waals surface area (Å²) >= 11 is 6.29. The van der Waals surface area contributed by atoms with Crippen LogP contribution < -0.4 is 20.1 Å². The molecule has 2 N–H and O–H groups in total. The number of benzene rings is 1. The first-order chi connectivity index (χ1) is 11.7. The van der Waals surface area contributed by atoms with E-state index in [1.807, 2.05) is 26.0 Å². The quantitative estimate of drug-likeness (QED) is 0.230. The summed E-state index contributed by atoms with van der Waals surface area (Å²) in [6.07, 6.45) is 0.920. The van der Waals surface area contributed by atoms with Gasteiger partial charge in [-0.15, -0.1) is 24.0 Å². The van der Waals surface area contributed by atoms with Crippen molar-refractivity contribution < 1.29 is 14.2 Å². The SMILES string of the molecule is CCNC(=NCc1cc(Cl)c(OCC)c(OC)c1)NCCCOC.I. The fraction of sp³-hybridized carbons (Fsp3) is 0.588. The highest BCUT2D eigenvalue weighted by molar-refractivity contribution is 14.0. The molecule has 144 valence electrons. The Hall–Kier alpha value is -0.930. The summed E-state index contributed by atoms with van der Waals surface area (Å²) in [4.78, 5) is 4.57. The molecule has 1 rings (SSSR count). The van der Waals surface area contributed by atoms with Crippen LogP contribution in [0.2, 0.25) is 5.02 Å². The summed E-state index contributed by atoms with van der Waals surface area (Å²) < 4.78 is 15.9. The average molecular weight is 486 g/mol. The van der Waals surface area contributed by atoms with E-state index in [9.17, 15) is 0 Å². The van der Waals surface area contributed by atoms with E-state index in [4.69, 9.17) is 25.8 Å². The number of rotatable bonds is 10. The second kappa shape index (κ2) is 14.3. The van der Waals surface area contributed by atoms with Crippen LogP contribution in [0.3, 0.4) is 0 Å². The number of methoxy groups -OCH3 is 2. The van der Waals surface area contributed by atoms with E-state index in [0.29, 0.717) is 29.7 Å². The summed E-state index contributed by atoms with van der Waals surface area (Å²) in [5.41, 5.74) is 0.953. The average Bonchev–Trinajstić information content (AvgIpc) is 2.58. The predicted octanol–water partition coefficient (Wildman–Crippen LogP) is 3.46. The first-order valence-electron chi connectivity index (χ1n) is 8.16. The molecule has 0 aromatic heterocycles. The fourth-order valence-corrected chi connectivity index (χ4v) is 2.37. The molecule has 0 fully saturated rings. The van der Waals surface area contributed by atoms with E-state index in [0.717, 1.165) is 37.6 Å². The van der Waals surface area contributed by atoms with Crippen molar-refractivity contribution in [3.63, 3.8) is 0 Å². The van der Waals surface area contributed by atoms with Crippen LogP contribution in [0.15, 0.2) is 17.1 Å². The zero-order valence-corrected chi connectivity index (χ0v) is 18.4. The van der Waals surface area contributed by atoms with Crippen LogP contribution in [-0.4, -0.2) is 46.5 Å². The van der Waals surface area contributed by atoms with Gasteiger partial charge in [0.15, 0.2) is 17.5 Å². The number of nitrogens with one attached hydrogen (secondary N) is 2. The number of ether oxygens (including phenoxy) is 3. The lowest BCUT2D eigenvalue weighted by Crippen LogP contribution is -2.38. The highest BCUT2D eigenvalue weighted by atomic mass is 127. The van der Waals surface area contributed by atoms with Gasteiger partial charge in [0, 0.05) is 26.8 Å². The van der Waals surface area contributed by atoms with Gasteiger partial charge in [0.1, 0.15) is 0 Å². The van der Waals surface area contributed by atoms with Crippen molar-refractivity contribution in [2.24, 2.45) is 4.99 Å². The number of hydrogen-bond donors (Lipinski definition) is 2. The Morgan fingerprint density at radius 3 is 2.56 bits per heavy atom. The van der Waals surface area contributed by atoms with E-state index in [2.05, 4.69) is 15.6 Å². The molecule has 0 aliphatic carbocycles. The van der Waals surface area contributed by atoms with Gasteiger partial charge in [0.25, 0.3) is 0 Å². The second-order valence-electron chi connectivity index (χ2n) is 5.01. The Morgan fingerprint density at radius 2 is 1.96 bits per heavy atom. The van der Waals surface area contributed by atoms with Gasteiger partial charge in [-0.1, -0.05) is 11.6 Å². The Bertz CT molecular complexity index is 530. The van der Waals surface area contributed by atoms with Gasteiger partial charge in [-0.2, -0.15) is 0 Å². The Balaban J connectivity index is 0.00000576. The Labute approximate surface area is 172 Å². The topological polar surface area (TPSA) is 64.1 Å². The van der Waals surface area contributed by atoms with Gasteiger partial charge in [0.05, 0.1) is 25.3 Å². The smallest absolute Gasteiger partial charge is 0.191 e. The van der Waals surface area contributed by atoms with Crippen LogP contribution in [0.1, 0.15) is 25.8 Å². The van der Waals surface area contributed by atoms with Crippen LogP contribution >= 0.6 is 35.6 Å². The molecule has 0 aliphatic rings. The third kappa shape index (κ3) is 8.82. The number of aliphatic imine (C=N–C) groups is 1. The number of nitrogens with zero attached hydrogens (tertiary/aromatic N) is 1. The molecule has 0 bridgehead atoms. The number of halogens is 2. The van der Waals surface area contributed by atoms with E-state index in [-0.39, 0.29) is 24.0 Å². The standard InChI is InChI=1S/C17H28ClN3O3.HI/c1-5-19-17(20-8-7-9-22-3)21-12-13-10-14(18)16(24-6-2)15(11-13)23-4;/h10-11H,5-9,12H2,1-4H3,(H2,19,20,21);1H. The molecule has 0 spiro atoms. The molecule has 1 aromatic rings. The van der Waals surface area contributed by atoms with Crippen molar-refractivity contribution in [3.05, 3.63) is 22.7 Å². The zero-order valence-electron chi connectivity index (χ0n) is 15.4. The van der Waals surface area contributed by atoms with Crippen LogP contribution in [0.25, 0.3) is 0 Å². The van der Waals surface area contributed by atoms with Gasteiger partial charge in [-0.25, -0.2) is 4.99 Å². The van der Waals surface area contributed by atoms with Gasteiger partial charge >= 0.3 is 0 Å². The van der Waals surface area contributed by atoms with Gasteiger partial charge in [-0.3, -0.25) is 0 Å². The molecule has 1 aromatic carbocycles. The Kier molecular flexibility index (Phi) is 13.7. The molecule has 25 heavy (non-hydrogen) atoms. The van der Waals surface area contributed by atoms with Crippen molar-refractivity contribution in [3.8, 4) is 11.5 Å². The molecule has 8 heteroatoms. The molecule has 6 nitrogen and oxygen atoms in total. The normalized spacial score (nSPS) is 10.8. The fourth-order valence-electron chi connectivity index (χ4n) is 2.08. The summed E-state index contributed by atoms with van der Waals surface area (Å²) in [5.74, 6) is 1.95. The zero-order chi connectivity index (χ0) is 17.8. The lowest BCUT2D eigenvalue weighted by Gasteiger charge is -2.13. The molecule has 0 atom stereocenters. The van der Waals surface area contributed by atoms with Crippen LogP contribution in [0.5, 0.6) is 11.5 Å². The maximum absolute atomic E-state index is 6.29. The Morgan fingerprint density at radius 1 is 1.20 bits per heavy atom. The predicted molar refractivity (Wildman–Crippen MR) is 114 cm³/mol. The molecule has 0 saturated carbocycles. The van der Waals surface area contributed by atoms with E-state index < -0.39 is 0 Å². The summed E-state index contributed by atoms with van der Waals surface area (Å²) in [6.45, 7) is 7.27. The van der Waals surface area contributed by atoms with Gasteiger partial charge < -0.3 is 24.8 Å². The van der Waals surface area contributed by atoms with Gasteiger partial charge in [0.2, 0.25) is 0 Å². The maximum atomic E-state index is 6.29. The lowest BCUT2D eigenvalue weighted by atomic mass is 10.2. The molecule has 0 radical (unpaired) electrons. The molecular weight excluding hydrogens is 457 g/mol. The molecule has 0 aliphatic heterocycles. The summed E-state index contributed by atoms with van der Waals surface area (Å²) in [6, 6.07) is 3.75. The van der Waals surface area contributed by atoms with Crippen molar-refractivity contribution in [1.82, 2.24) is 10.6 Å². The highest BCUT2D eigenvalue weighted by Gasteiger charge is 2.11.